The number of fused-ring (bicyclic) bond motifs is 2. The van der Waals surface area contributed by atoms with Gasteiger partial charge in [0.1, 0.15) is 5.52 Å². The molecule has 5 rings (SSSR count). The summed E-state index contributed by atoms with van der Waals surface area (Å²) in [6.45, 7) is 0.365. The van der Waals surface area contributed by atoms with Crippen molar-refractivity contribution >= 4 is 28.6 Å². The van der Waals surface area contributed by atoms with Crippen LogP contribution in [-0.2, 0) is 13.5 Å². The second-order valence-corrected chi connectivity index (χ2v) is 6.72. The first-order valence-corrected chi connectivity index (χ1v) is 8.85. The van der Waals surface area contributed by atoms with E-state index in [1.807, 2.05) is 0 Å². The Morgan fingerprint density at radius 3 is 3.00 bits per heavy atom. The Labute approximate surface area is 162 Å². The number of carbonyl (C=O) groups is 1. The first-order valence-electron chi connectivity index (χ1n) is 8.47. The summed E-state index contributed by atoms with van der Waals surface area (Å²) in [5.74, 6) is -0.641. The number of para-hydroxylation sites is 1. The van der Waals surface area contributed by atoms with Gasteiger partial charge >= 0.3 is 0 Å². The zero-order valence-corrected chi connectivity index (χ0v) is 15.3. The van der Waals surface area contributed by atoms with Gasteiger partial charge in [0.15, 0.2) is 17.4 Å². The minimum atomic E-state index is -0.732. The molecule has 0 fully saturated rings. The smallest absolute Gasteiger partial charge is 0.292 e. The highest BCUT2D eigenvalue weighted by Crippen LogP contribution is 2.35. The monoisotopic (exact) mass is 401 g/mol. The van der Waals surface area contributed by atoms with Crippen molar-refractivity contribution in [1.29, 1.82) is 0 Å². The number of halogens is 2. The molecule has 9 nitrogen and oxygen atoms in total. The fraction of sp³-hybridized carbons (Fsp3) is 0.235. The van der Waals surface area contributed by atoms with Crippen LogP contribution in [0.1, 0.15) is 33.9 Å². The van der Waals surface area contributed by atoms with Gasteiger partial charge in [-0.05, 0) is 23.7 Å². The summed E-state index contributed by atoms with van der Waals surface area (Å²) in [5.41, 5.74) is 1.87. The number of hydrogen-bond donors (Lipinski definition) is 1. The standard InChI is InChI=1S/C17H13ClFN7O2/c1-25-14(23-17(18)24-25)16(27)26-6-5-9-12(21-7-20-9)13(26)15-22-11-8(19)3-2-4-10(11)28-15/h2-4,7,13H,5-6H2,1H3,(H,20,21)/t13-/m0/s1. The zero-order valence-electron chi connectivity index (χ0n) is 14.6. The number of imidazole rings is 1. The van der Waals surface area contributed by atoms with Crippen molar-refractivity contribution in [3.05, 3.63) is 58.7 Å². The molecule has 0 radical (unpaired) electrons. The minimum Gasteiger partial charge on any atom is -0.438 e. The fourth-order valence-corrected chi connectivity index (χ4v) is 3.66. The molecule has 0 bridgehead atoms. The second-order valence-electron chi connectivity index (χ2n) is 6.38. The molecule has 4 aromatic rings. The van der Waals surface area contributed by atoms with Gasteiger partial charge < -0.3 is 14.3 Å². The average molecular weight is 402 g/mol. The number of aromatic amines is 1. The van der Waals surface area contributed by atoms with Crippen LogP contribution in [0.2, 0.25) is 5.28 Å². The molecule has 0 unspecified atom stereocenters. The Kier molecular flexibility index (Phi) is 3.69. The van der Waals surface area contributed by atoms with Crippen LogP contribution in [0.15, 0.2) is 28.9 Å². The van der Waals surface area contributed by atoms with Gasteiger partial charge in [-0.15, -0.1) is 5.10 Å². The molecule has 0 saturated heterocycles. The predicted molar refractivity (Wildman–Crippen MR) is 95.2 cm³/mol. The van der Waals surface area contributed by atoms with Gasteiger partial charge in [0.2, 0.25) is 17.0 Å². The van der Waals surface area contributed by atoms with Gasteiger partial charge in [-0.3, -0.25) is 4.79 Å². The highest BCUT2D eigenvalue weighted by Gasteiger charge is 2.39. The summed E-state index contributed by atoms with van der Waals surface area (Å²) in [6.07, 6.45) is 2.12. The summed E-state index contributed by atoms with van der Waals surface area (Å²) in [7, 11) is 1.58. The number of benzene rings is 1. The summed E-state index contributed by atoms with van der Waals surface area (Å²) in [5, 5.41) is 3.89. The van der Waals surface area contributed by atoms with E-state index in [9.17, 15) is 9.18 Å². The number of hydrogen-bond acceptors (Lipinski definition) is 6. The Morgan fingerprint density at radius 2 is 2.25 bits per heavy atom. The van der Waals surface area contributed by atoms with Crippen molar-refractivity contribution in [2.75, 3.05) is 6.54 Å². The van der Waals surface area contributed by atoms with E-state index in [2.05, 4.69) is 25.0 Å². The molecule has 0 spiro atoms. The number of aryl methyl sites for hydroxylation is 1. The molecular weight excluding hydrogens is 389 g/mol. The summed E-state index contributed by atoms with van der Waals surface area (Å²) in [6, 6.07) is 3.74. The van der Waals surface area contributed by atoms with Crippen LogP contribution in [-0.4, -0.2) is 47.1 Å². The van der Waals surface area contributed by atoms with Gasteiger partial charge in [0.25, 0.3) is 5.91 Å². The van der Waals surface area contributed by atoms with E-state index in [-0.39, 0.29) is 22.5 Å². The highest BCUT2D eigenvalue weighted by molar-refractivity contribution is 6.28. The second kappa shape index (κ2) is 6.13. The Morgan fingerprint density at radius 1 is 1.39 bits per heavy atom. The van der Waals surface area contributed by atoms with Crippen LogP contribution < -0.4 is 0 Å². The quantitative estimate of drug-likeness (QED) is 0.552. The predicted octanol–water partition coefficient (Wildman–Crippen LogP) is 2.26. The number of oxazole rings is 1. The lowest BCUT2D eigenvalue weighted by atomic mass is 10.0. The third-order valence-electron chi connectivity index (χ3n) is 4.73. The lowest BCUT2D eigenvalue weighted by Crippen LogP contribution is -2.42. The maximum Gasteiger partial charge on any atom is 0.292 e. The summed E-state index contributed by atoms with van der Waals surface area (Å²) in [4.78, 5) is 30.5. The lowest BCUT2D eigenvalue weighted by Gasteiger charge is -2.32. The van der Waals surface area contributed by atoms with Crippen molar-refractivity contribution < 1.29 is 13.6 Å². The van der Waals surface area contributed by atoms with Crippen LogP contribution in [0.5, 0.6) is 0 Å². The zero-order chi connectivity index (χ0) is 19.4. The van der Waals surface area contributed by atoms with Crippen LogP contribution in [0.4, 0.5) is 4.39 Å². The maximum absolute atomic E-state index is 14.1. The van der Waals surface area contributed by atoms with E-state index in [0.717, 1.165) is 5.69 Å². The molecular formula is C17H13ClFN7O2. The largest absolute Gasteiger partial charge is 0.438 e. The van der Waals surface area contributed by atoms with Crippen LogP contribution in [0.25, 0.3) is 11.1 Å². The molecule has 1 atom stereocenters. The molecule has 3 aromatic heterocycles. The molecule has 1 aliphatic heterocycles. The van der Waals surface area contributed by atoms with E-state index >= 15 is 0 Å². The summed E-state index contributed by atoms with van der Waals surface area (Å²) >= 11 is 5.83. The minimum absolute atomic E-state index is 0.0243. The highest BCUT2D eigenvalue weighted by atomic mass is 35.5. The average Bonchev–Trinajstić information content (AvgIpc) is 3.38. The van der Waals surface area contributed by atoms with Crippen molar-refractivity contribution in [2.45, 2.75) is 12.5 Å². The molecule has 4 heterocycles. The van der Waals surface area contributed by atoms with Crippen molar-refractivity contribution in [3.8, 4) is 0 Å². The third-order valence-corrected chi connectivity index (χ3v) is 4.89. The molecule has 0 aliphatic carbocycles. The number of nitrogens with one attached hydrogen (secondary N) is 1. The number of carbonyl (C=O) groups excluding carboxylic acids is 1. The molecule has 28 heavy (non-hydrogen) atoms. The Balaban J connectivity index is 1.65. The van der Waals surface area contributed by atoms with Crippen LogP contribution in [0, 0.1) is 5.82 Å². The van der Waals surface area contributed by atoms with Gasteiger partial charge in [0, 0.05) is 25.7 Å². The maximum atomic E-state index is 14.1. The number of aromatic nitrogens is 6. The number of nitrogens with zero attached hydrogens (tertiary/aromatic N) is 6. The van der Waals surface area contributed by atoms with Crippen molar-refractivity contribution in [3.63, 3.8) is 0 Å². The van der Waals surface area contributed by atoms with Crippen molar-refractivity contribution in [2.24, 2.45) is 7.05 Å². The van der Waals surface area contributed by atoms with E-state index < -0.39 is 17.8 Å². The first kappa shape index (κ1) is 16.9. The van der Waals surface area contributed by atoms with Crippen molar-refractivity contribution in [1.82, 2.24) is 34.6 Å². The topological polar surface area (TPSA) is 106 Å². The van der Waals surface area contributed by atoms with Gasteiger partial charge in [-0.2, -0.15) is 4.98 Å². The van der Waals surface area contributed by atoms with E-state index in [1.54, 1.807) is 19.4 Å². The van der Waals surface area contributed by atoms with E-state index in [1.165, 1.54) is 21.7 Å². The van der Waals surface area contributed by atoms with Crippen LogP contribution in [0.3, 0.4) is 0 Å². The molecule has 1 aromatic carbocycles. The molecule has 0 saturated carbocycles. The fourth-order valence-electron chi connectivity index (χ4n) is 3.46. The van der Waals surface area contributed by atoms with E-state index in [0.29, 0.717) is 24.2 Å². The molecule has 142 valence electrons. The van der Waals surface area contributed by atoms with Gasteiger partial charge in [0.05, 0.1) is 12.0 Å². The third kappa shape index (κ3) is 2.48. The number of rotatable bonds is 2. The van der Waals surface area contributed by atoms with Gasteiger partial charge in [-0.1, -0.05) is 6.07 Å². The normalized spacial score (nSPS) is 16.5. The van der Waals surface area contributed by atoms with E-state index in [4.69, 9.17) is 16.0 Å². The number of amides is 1. The molecule has 1 amide bonds. The lowest BCUT2D eigenvalue weighted by molar-refractivity contribution is 0.0650. The molecule has 1 N–H and O–H groups in total. The first-order chi connectivity index (χ1) is 13.5. The molecule has 11 heteroatoms. The number of H-pyrrole nitrogens is 1. The summed E-state index contributed by atoms with van der Waals surface area (Å²) < 4.78 is 21.2. The van der Waals surface area contributed by atoms with Gasteiger partial charge in [-0.25, -0.2) is 19.0 Å². The Hall–Kier alpha value is -3.27. The molecule has 1 aliphatic rings. The van der Waals surface area contributed by atoms with Crippen LogP contribution >= 0.6 is 11.6 Å². The Bertz CT molecular complexity index is 1210. The SMILES string of the molecule is Cn1nc(Cl)nc1C(=O)N1CCc2[nH]cnc2[C@H]1c1nc2c(F)cccc2o1.